The summed E-state index contributed by atoms with van der Waals surface area (Å²) in [6.45, 7) is 0. The first-order valence-corrected chi connectivity index (χ1v) is 2.69. The van der Waals surface area contributed by atoms with Gasteiger partial charge in [-0.3, -0.25) is 5.10 Å². The Morgan fingerprint density at radius 1 is 1.73 bits per heavy atom. The van der Waals surface area contributed by atoms with Crippen molar-refractivity contribution in [3.05, 3.63) is 24.0 Å². The van der Waals surface area contributed by atoms with E-state index >= 15 is 0 Å². The van der Waals surface area contributed by atoms with Crippen molar-refractivity contribution in [2.45, 2.75) is 0 Å². The van der Waals surface area contributed by atoms with E-state index in [0.29, 0.717) is 0 Å². The molecular formula is C6H7ClN2O2. The molecule has 1 aromatic rings. The van der Waals surface area contributed by atoms with Gasteiger partial charge in [0, 0.05) is 17.8 Å². The van der Waals surface area contributed by atoms with Crippen molar-refractivity contribution in [2.24, 2.45) is 0 Å². The van der Waals surface area contributed by atoms with Gasteiger partial charge >= 0.3 is 5.97 Å². The first-order chi connectivity index (χ1) is 4.79. The highest BCUT2D eigenvalue weighted by molar-refractivity contribution is 5.85. The summed E-state index contributed by atoms with van der Waals surface area (Å²) in [5.41, 5.74) is 0.752. The highest BCUT2D eigenvalue weighted by atomic mass is 35.5. The molecule has 1 aromatic heterocycles. The largest absolute Gasteiger partial charge is 0.478 e. The van der Waals surface area contributed by atoms with E-state index in [4.69, 9.17) is 5.11 Å². The Bertz CT molecular complexity index is 243. The summed E-state index contributed by atoms with van der Waals surface area (Å²) in [6, 6.07) is 0. The van der Waals surface area contributed by atoms with Gasteiger partial charge in [0.1, 0.15) is 0 Å². The number of carbonyl (C=O) groups is 1. The molecule has 2 N–H and O–H groups in total. The van der Waals surface area contributed by atoms with Crippen LogP contribution in [0, 0.1) is 0 Å². The second kappa shape index (κ2) is 4.51. The average Bonchev–Trinajstić information content (AvgIpc) is 2.34. The number of halogens is 1. The highest BCUT2D eigenvalue weighted by Crippen LogP contribution is 1.95. The Labute approximate surface area is 69.3 Å². The lowest BCUT2D eigenvalue weighted by Crippen LogP contribution is -1.84. The van der Waals surface area contributed by atoms with E-state index < -0.39 is 5.97 Å². The van der Waals surface area contributed by atoms with Crippen molar-refractivity contribution >= 4 is 24.5 Å². The standard InChI is InChI=1S/C6H6N2O2.ClH/c9-6(10)2-1-5-3-7-8-4-5;/h1-4H,(H,7,8)(H,9,10);1H/b2-1+;. The van der Waals surface area contributed by atoms with Crippen LogP contribution in [-0.2, 0) is 4.79 Å². The molecule has 0 saturated heterocycles. The molecule has 0 unspecified atom stereocenters. The fraction of sp³-hybridized carbons (Fsp3) is 0. The molecule has 11 heavy (non-hydrogen) atoms. The third-order valence-corrected chi connectivity index (χ3v) is 0.938. The van der Waals surface area contributed by atoms with Crippen LogP contribution in [0.2, 0.25) is 0 Å². The number of carboxylic acid groups (broad SMARTS) is 1. The lowest BCUT2D eigenvalue weighted by Gasteiger charge is -1.77. The van der Waals surface area contributed by atoms with Crippen molar-refractivity contribution in [1.29, 1.82) is 0 Å². The molecular weight excluding hydrogens is 168 g/mol. The zero-order chi connectivity index (χ0) is 7.40. The SMILES string of the molecule is Cl.O=C(O)/C=C/c1cn[nH]c1. The molecule has 0 aliphatic rings. The molecule has 0 bridgehead atoms. The van der Waals surface area contributed by atoms with Gasteiger partial charge in [-0.05, 0) is 6.08 Å². The van der Waals surface area contributed by atoms with Crippen LogP contribution in [0.25, 0.3) is 6.08 Å². The smallest absolute Gasteiger partial charge is 0.328 e. The fourth-order valence-electron chi connectivity index (χ4n) is 0.520. The van der Waals surface area contributed by atoms with Crippen molar-refractivity contribution in [3.63, 3.8) is 0 Å². The number of aromatic nitrogens is 2. The van der Waals surface area contributed by atoms with Crippen LogP contribution in [0.3, 0.4) is 0 Å². The number of carboxylic acids is 1. The van der Waals surface area contributed by atoms with Crippen molar-refractivity contribution in [2.75, 3.05) is 0 Å². The van der Waals surface area contributed by atoms with E-state index in [9.17, 15) is 4.79 Å². The van der Waals surface area contributed by atoms with Crippen LogP contribution in [0.15, 0.2) is 18.5 Å². The van der Waals surface area contributed by atoms with Gasteiger partial charge in [-0.25, -0.2) is 4.79 Å². The molecule has 0 fully saturated rings. The first-order valence-electron chi connectivity index (χ1n) is 2.69. The monoisotopic (exact) mass is 174 g/mol. The number of rotatable bonds is 2. The number of hydrogen-bond acceptors (Lipinski definition) is 2. The van der Waals surface area contributed by atoms with Gasteiger partial charge in [0.05, 0.1) is 6.20 Å². The summed E-state index contributed by atoms with van der Waals surface area (Å²) in [7, 11) is 0. The summed E-state index contributed by atoms with van der Waals surface area (Å²) < 4.78 is 0. The second-order valence-electron chi connectivity index (χ2n) is 1.70. The molecule has 60 valence electrons. The molecule has 0 atom stereocenters. The van der Waals surface area contributed by atoms with Crippen molar-refractivity contribution < 1.29 is 9.90 Å². The molecule has 0 aliphatic carbocycles. The fourth-order valence-corrected chi connectivity index (χ4v) is 0.520. The Balaban J connectivity index is 0.000001000. The van der Waals surface area contributed by atoms with E-state index in [-0.39, 0.29) is 12.4 Å². The molecule has 1 rings (SSSR count). The third kappa shape index (κ3) is 3.42. The van der Waals surface area contributed by atoms with Crippen LogP contribution in [0.4, 0.5) is 0 Å². The number of nitrogens with one attached hydrogen (secondary N) is 1. The van der Waals surface area contributed by atoms with Crippen LogP contribution < -0.4 is 0 Å². The molecule has 4 nitrogen and oxygen atoms in total. The summed E-state index contributed by atoms with van der Waals surface area (Å²) in [5, 5.41) is 14.4. The van der Waals surface area contributed by atoms with Crippen LogP contribution in [0.5, 0.6) is 0 Å². The molecule has 1 heterocycles. The molecule has 0 radical (unpaired) electrons. The first kappa shape index (κ1) is 9.71. The number of nitrogens with zero attached hydrogens (tertiary/aromatic N) is 1. The lowest BCUT2D eigenvalue weighted by atomic mass is 10.3. The van der Waals surface area contributed by atoms with E-state index in [0.717, 1.165) is 11.6 Å². The minimum atomic E-state index is -0.957. The van der Waals surface area contributed by atoms with Crippen molar-refractivity contribution in [3.8, 4) is 0 Å². The average molecular weight is 175 g/mol. The second-order valence-corrected chi connectivity index (χ2v) is 1.70. The predicted octanol–water partition coefficient (Wildman–Crippen LogP) is 0.929. The van der Waals surface area contributed by atoms with Crippen LogP contribution in [-0.4, -0.2) is 21.3 Å². The number of aromatic amines is 1. The lowest BCUT2D eigenvalue weighted by molar-refractivity contribution is -0.131. The summed E-state index contributed by atoms with van der Waals surface area (Å²) in [5.74, 6) is -0.957. The Morgan fingerprint density at radius 3 is 2.91 bits per heavy atom. The Hall–Kier alpha value is -1.29. The molecule has 0 spiro atoms. The molecule has 0 amide bonds. The summed E-state index contributed by atoms with van der Waals surface area (Å²) >= 11 is 0. The van der Waals surface area contributed by atoms with E-state index in [1.54, 1.807) is 12.4 Å². The zero-order valence-corrected chi connectivity index (χ0v) is 6.34. The molecule has 0 saturated carbocycles. The summed E-state index contributed by atoms with van der Waals surface area (Å²) in [6.07, 6.45) is 5.68. The minimum Gasteiger partial charge on any atom is -0.478 e. The van der Waals surface area contributed by atoms with E-state index in [1.165, 1.54) is 6.08 Å². The van der Waals surface area contributed by atoms with Gasteiger partial charge < -0.3 is 5.11 Å². The zero-order valence-electron chi connectivity index (χ0n) is 5.52. The maximum Gasteiger partial charge on any atom is 0.328 e. The topological polar surface area (TPSA) is 66.0 Å². The molecule has 0 aromatic carbocycles. The third-order valence-electron chi connectivity index (χ3n) is 0.938. The van der Waals surface area contributed by atoms with E-state index in [2.05, 4.69) is 10.2 Å². The highest BCUT2D eigenvalue weighted by Gasteiger charge is 1.87. The number of aliphatic carboxylic acids is 1. The number of H-pyrrole nitrogens is 1. The van der Waals surface area contributed by atoms with E-state index in [1.807, 2.05) is 0 Å². The van der Waals surface area contributed by atoms with Gasteiger partial charge in [-0.2, -0.15) is 5.10 Å². The quantitative estimate of drug-likeness (QED) is 0.656. The van der Waals surface area contributed by atoms with Gasteiger partial charge in [-0.15, -0.1) is 12.4 Å². The molecule has 5 heteroatoms. The predicted molar refractivity (Wildman–Crippen MR) is 42.5 cm³/mol. The molecule has 0 aliphatic heterocycles. The van der Waals surface area contributed by atoms with Gasteiger partial charge in [0.15, 0.2) is 0 Å². The van der Waals surface area contributed by atoms with Crippen LogP contribution in [0.1, 0.15) is 5.56 Å². The maximum atomic E-state index is 9.98. The minimum absolute atomic E-state index is 0. The van der Waals surface area contributed by atoms with Crippen LogP contribution >= 0.6 is 12.4 Å². The summed E-state index contributed by atoms with van der Waals surface area (Å²) in [4.78, 5) is 9.98. The van der Waals surface area contributed by atoms with Gasteiger partial charge in [0.2, 0.25) is 0 Å². The van der Waals surface area contributed by atoms with Crippen molar-refractivity contribution in [1.82, 2.24) is 10.2 Å². The maximum absolute atomic E-state index is 9.98. The normalized spacial score (nSPS) is 9.45. The Kier molecular flexibility index (Phi) is 3.98. The van der Waals surface area contributed by atoms with Gasteiger partial charge in [0.25, 0.3) is 0 Å². The van der Waals surface area contributed by atoms with Gasteiger partial charge in [-0.1, -0.05) is 0 Å². The number of hydrogen-bond donors (Lipinski definition) is 2. The Morgan fingerprint density at radius 2 is 2.45 bits per heavy atom.